The molecule has 0 spiro atoms. The lowest BCUT2D eigenvalue weighted by molar-refractivity contribution is 0.0988. The second-order valence-corrected chi connectivity index (χ2v) is 6.61. The molecule has 4 nitrogen and oxygen atoms in total. The molecular weight excluding hydrogens is 355 g/mol. The third-order valence-electron chi connectivity index (χ3n) is 4.51. The first-order valence-electron chi connectivity index (χ1n) is 9.20. The molecule has 0 atom stereocenters. The maximum absolute atomic E-state index is 13.2. The molecule has 0 saturated heterocycles. The number of halogens is 1. The van der Waals surface area contributed by atoms with Crippen LogP contribution in [0.1, 0.15) is 34.0 Å². The van der Waals surface area contributed by atoms with Crippen LogP contribution in [0.4, 0.5) is 10.1 Å². The van der Waals surface area contributed by atoms with Gasteiger partial charge in [-0.15, -0.1) is 0 Å². The van der Waals surface area contributed by atoms with Crippen molar-refractivity contribution in [3.05, 3.63) is 89.0 Å². The molecule has 0 aliphatic heterocycles. The number of nitrogens with zero attached hydrogens (tertiary/aromatic N) is 2. The van der Waals surface area contributed by atoms with E-state index in [1.54, 1.807) is 29.4 Å². The monoisotopic (exact) mass is 378 g/mol. The smallest absolute Gasteiger partial charge is 0.258 e. The lowest BCUT2D eigenvalue weighted by atomic mass is 10.0. The number of aromatic nitrogens is 1. The second-order valence-electron chi connectivity index (χ2n) is 6.61. The maximum Gasteiger partial charge on any atom is 0.258 e. The molecule has 0 bridgehead atoms. The highest BCUT2D eigenvalue weighted by atomic mass is 19.1. The summed E-state index contributed by atoms with van der Waals surface area (Å²) in [7, 11) is 0. The summed E-state index contributed by atoms with van der Waals surface area (Å²) in [4.78, 5) is 18.8. The van der Waals surface area contributed by atoms with E-state index in [0.717, 1.165) is 22.4 Å². The van der Waals surface area contributed by atoms with Crippen molar-refractivity contribution < 1.29 is 13.9 Å². The van der Waals surface area contributed by atoms with Crippen LogP contribution in [-0.2, 0) is 6.61 Å². The van der Waals surface area contributed by atoms with E-state index in [9.17, 15) is 9.18 Å². The van der Waals surface area contributed by atoms with Crippen LogP contribution in [0.5, 0.6) is 5.75 Å². The average Bonchev–Trinajstić information content (AvgIpc) is 2.70. The first-order chi connectivity index (χ1) is 13.5. The van der Waals surface area contributed by atoms with Crippen molar-refractivity contribution in [1.82, 2.24) is 4.98 Å². The van der Waals surface area contributed by atoms with Crippen LogP contribution in [0, 0.1) is 19.7 Å². The molecular formula is C23H23FN2O2. The van der Waals surface area contributed by atoms with E-state index in [4.69, 9.17) is 4.74 Å². The van der Waals surface area contributed by atoms with E-state index in [1.165, 1.54) is 12.1 Å². The Morgan fingerprint density at radius 2 is 1.79 bits per heavy atom. The van der Waals surface area contributed by atoms with E-state index < -0.39 is 0 Å². The minimum atomic E-state index is -0.325. The zero-order chi connectivity index (χ0) is 20.1. The minimum absolute atomic E-state index is 0.126. The van der Waals surface area contributed by atoms with Gasteiger partial charge < -0.3 is 9.64 Å². The number of amides is 1. The number of anilines is 1. The predicted octanol–water partition coefficient (Wildman–Crippen LogP) is 5.08. The van der Waals surface area contributed by atoms with Gasteiger partial charge in [-0.1, -0.05) is 6.07 Å². The summed E-state index contributed by atoms with van der Waals surface area (Å²) in [5, 5.41) is 0. The second kappa shape index (κ2) is 8.65. The standard InChI is InChI=1S/C23H23FN2O2/c1-4-26(21-9-7-20(24)8-10-21)23(27)19-12-16(2)22(17(3)13-19)28-15-18-6-5-11-25-14-18/h5-14H,4,15H2,1-3H3. The van der Waals surface area contributed by atoms with Crippen LogP contribution >= 0.6 is 0 Å². The molecule has 0 saturated carbocycles. The van der Waals surface area contributed by atoms with Gasteiger partial charge in [-0.3, -0.25) is 9.78 Å². The Hall–Kier alpha value is -3.21. The molecule has 5 heteroatoms. The van der Waals surface area contributed by atoms with Gasteiger partial charge in [0, 0.05) is 35.8 Å². The summed E-state index contributed by atoms with van der Waals surface area (Å²) in [6.45, 7) is 6.65. The molecule has 3 aromatic rings. The predicted molar refractivity (Wildman–Crippen MR) is 108 cm³/mol. The van der Waals surface area contributed by atoms with Crippen molar-refractivity contribution >= 4 is 11.6 Å². The highest BCUT2D eigenvalue weighted by Crippen LogP contribution is 2.27. The van der Waals surface area contributed by atoms with Crippen LogP contribution in [-0.4, -0.2) is 17.4 Å². The lowest BCUT2D eigenvalue weighted by Crippen LogP contribution is -2.30. The summed E-state index contributed by atoms with van der Waals surface area (Å²) in [6.07, 6.45) is 3.49. The van der Waals surface area contributed by atoms with Crippen molar-refractivity contribution in [1.29, 1.82) is 0 Å². The molecule has 144 valence electrons. The average molecular weight is 378 g/mol. The number of rotatable bonds is 6. The Labute approximate surface area is 164 Å². The first kappa shape index (κ1) is 19.5. The Morgan fingerprint density at radius 3 is 2.36 bits per heavy atom. The number of carbonyl (C=O) groups is 1. The van der Waals surface area contributed by atoms with Gasteiger partial charge in [-0.25, -0.2) is 4.39 Å². The SMILES string of the molecule is CCN(C(=O)c1cc(C)c(OCc2cccnc2)c(C)c1)c1ccc(F)cc1. The number of pyridine rings is 1. The number of aryl methyl sites for hydroxylation is 2. The third-order valence-corrected chi connectivity index (χ3v) is 4.51. The number of benzene rings is 2. The van der Waals surface area contributed by atoms with Crippen molar-refractivity contribution in [3.8, 4) is 5.75 Å². The first-order valence-corrected chi connectivity index (χ1v) is 9.20. The highest BCUT2D eigenvalue weighted by Gasteiger charge is 2.18. The van der Waals surface area contributed by atoms with Crippen LogP contribution in [0.3, 0.4) is 0 Å². The zero-order valence-corrected chi connectivity index (χ0v) is 16.3. The van der Waals surface area contributed by atoms with Crippen LogP contribution in [0.15, 0.2) is 60.9 Å². The van der Waals surface area contributed by atoms with E-state index >= 15 is 0 Å². The normalized spacial score (nSPS) is 10.6. The van der Waals surface area contributed by atoms with Crippen LogP contribution in [0.25, 0.3) is 0 Å². The minimum Gasteiger partial charge on any atom is -0.488 e. The number of carbonyl (C=O) groups excluding carboxylic acids is 1. The number of hydrogen-bond acceptors (Lipinski definition) is 3. The Kier molecular flexibility index (Phi) is 6.04. The van der Waals surface area contributed by atoms with Gasteiger partial charge in [0.05, 0.1) is 0 Å². The molecule has 3 rings (SSSR count). The van der Waals surface area contributed by atoms with E-state index in [1.807, 2.05) is 45.0 Å². The van der Waals surface area contributed by atoms with Crippen molar-refractivity contribution in [3.63, 3.8) is 0 Å². The maximum atomic E-state index is 13.2. The fraction of sp³-hybridized carbons (Fsp3) is 0.217. The summed E-state index contributed by atoms with van der Waals surface area (Å²) in [5.41, 5.74) is 4.01. The molecule has 1 heterocycles. The molecule has 1 aromatic heterocycles. The van der Waals surface area contributed by atoms with Gasteiger partial charge >= 0.3 is 0 Å². The van der Waals surface area contributed by atoms with Crippen molar-refractivity contribution in [2.24, 2.45) is 0 Å². The van der Waals surface area contributed by atoms with E-state index in [-0.39, 0.29) is 11.7 Å². The van der Waals surface area contributed by atoms with Gasteiger partial charge in [-0.05, 0) is 74.4 Å². The van der Waals surface area contributed by atoms with E-state index in [0.29, 0.717) is 24.4 Å². The molecule has 2 aromatic carbocycles. The van der Waals surface area contributed by atoms with Gasteiger partial charge in [0.1, 0.15) is 18.2 Å². The summed E-state index contributed by atoms with van der Waals surface area (Å²) >= 11 is 0. The molecule has 0 radical (unpaired) electrons. The van der Waals surface area contributed by atoms with E-state index in [2.05, 4.69) is 4.98 Å². The molecule has 0 aliphatic carbocycles. The molecule has 28 heavy (non-hydrogen) atoms. The highest BCUT2D eigenvalue weighted by molar-refractivity contribution is 6.06. The summed E-state index contributed by atoms with van der Waals surface area (Å²) < 4.78 is 19.2. The largest absolute Gasteiger partial charge is 0.488 e. The van der Waals surface area contributed by atoms with Crippen molar-refractivity contribution in [2.75, 3.05) is 11.4 Å². The molecule has 0 fully saturated rings. The Morgan fingerprint density at radius 1 is 1.11 bits per heavy atom. The molecule has 1 amide bonds. The van der Waals surface area contributed by atoms with Crippen LogP contribution in [0.2, 0.25) is 0 Å². The zero-order valence-electron chi connectivity index (χ0n) is 16.3. The third kappa shape index (κ3) is 4.36. The topological polar surface area (TPSA) is 42.4 Å². The van der Waals surface area contributed by atoms with Gasteiger partial charge in [-0.2, -0.15) is 0 Å². The molecule has 0 N–H and O–H groups in total. The van der Waals surface area contributed by atoms with Crippen molar-refractivity contribution in [2.45, 2.75) is 27.4 Å². The molecule has 0 aliphatic rings. The summed E-state index contributed by atoms with van der Waals surface area (Å²) in [6, 6.07) is 13.4. The number of hydrogen-bond donors (Lipinski definition) is 0. The Bertz CT molecular complexity index is 933. The van der Waals surface area contributed by atoms with Gasteiger partial charge in [0.15, 0.2) is 0 Å². The fourth-order valence-electron chi connectivity index (χ4n) is 3.16. The quantitative estimate of drug-likeness (QED) is 0.600. The van der Waals surface area contributed by atoms with Crippen LogP contribution < -0.4 is 9.64 Å². The lowest BCUT2D eigenvalue weighted by Gasteiger charge is -2.22. The summed E-state index contributed by atoms with van der Waals surface area (Å²) in [5.74, 6) is 0.318. The Balaban J connectivity index is 1.82. The number of ether oxygens (including phenoxy) is 1. The fourth-order valence-corrected chi connectivity index (χ4v) is 3.16. The van der Waals surface area contributed by atoms with Gasteiger partial charge in [0.25, 0.3) is 5.91 Å². The van der Waals surface area contributed by atoms with Gasteiger partial charge in [0.2, 0.25) is 0 Å². The molecule has 0 unspecified atom stereocenters.